The molecule has 1 aliphatic rings. The number of rotatable bonds is 2. The highest BCUT2D eigenvalue weighted by atomic mass is 16.2. The van der Waals surface area contributed by atoms with E-state index in [-0.39, 0.29) is 11.8 Å². The zero-order valence-electron chi connectivity index (χ0n) is 10.3. The van der Waals surface area contributed by atoms with Crippen molar-refractivity contribution in [2.45, 2.75) is 27.2 Å². The van der Waals surface area contributed by atoms with Gasteiger partial charge in [-0.3, -0.25) is 9.59 Å². The summed E-state index contributed by atoms with van der Waals surface area (Å²) in [6.45, 7) is 8.04. The van der Waals surface area contributed by atoms with Crippen LogP contribution < -0.4 is 0 Å². The fourth-order valence-corrected chi connectivity index (χ4v) is 1.87. The number of amides is 2. The molecule has 0 aromatic carbocycles. The molecule has 0 spiro atoms. The minimum Gasteiger partial charge on any atom is -0.339 e. The topological polar surface area (TPSA) is 40.6 Å². The van der Waals surface area contributed by atoms with Gasteiger partial charge in [-0.05, 0) is 13.3 Å². The average Bonchev–Trinajstić information content (AvgIpc) is 2.28. The second-order valence-electron chi connectivity index (χ2n) is 4.09. The molecule has 0 saturated carbocycles. The van der Waals surface area contributed by atoms with Gasteiger partial charge in [-0.25, -0.2) is 0 Å². The zero-order chi connectivity index (χ0) is 12.1. The Bertz CT molecular complexity index is 302. The Morgan fingerprint density at radius 3 is 2.00 bits per heavy atom. The summed E-state index contributed by atoms with van der Waals surface area (Å²) in [6.07, 6.45) is 2.82. The number of hydrogen-bond acceptors (Lipinski definition) is 2. The Hall–Kier alpha value is -1.32. The molecule has 1 fully saturated rings. The first kappa shape index (κ1) is 12.7. The first-order chi connectivity index (χ1) is 7.56. The maximum atomic E-state index is 11.9. The van der Waals surface area contributed by atoms with Crippen LogP contribution in [0.5, 0.6) is 0 Å². The summed E-state index contributed by atoms with van der Waals surface area (Å²) in [6, 6.07) is 0. The lowest BCUT2D eigenvalue weighted by Crippen LogP contribution is -2.50. The van der Waals surface area contributed by atoms with Crippen LogP contribution in [0.2, 0.25) is 0 Å². The third kappa shape index (κ3) is 3.08. The van der Waals surface area contributed by atoms with Gasteiger partial charge in [0.2, 0.25) is 11.8 Å². The fraction of sp³-hybridized carbons (Fsp3) is 0.667. The SMILES string of the molecule is CC/C=C(/C)C(=O)N1CCN(C(C)=O)CC1. The molecule has 0 aromatic heterocycles. The Morgan fingerprint density at radius 1 is 1.06 bits per heavy atom. The molecule has 0 aliphatic carbocycles. The smallest absolute Gasteiger partial charge is 0.249 e. The second-order valence-corrected chi connectivity index (χ2v) is 4.09. The summed E-state index contributed by atoms with van der Waals surface area (Å²) >= 11 is 0. The van der Waals surface area contributed by atoms with Gasteiger partial charge in [-0.1, -0.05) is 13.0 Å². The first-order valence-electron chi connectivity index (χ1n) is 5.77. The van der Waals surface area contributed by atoms with Crippen LogP contribution in [0.3, 0.4) is 0 Å². The molecule has 90 valence electrons. The Balaban J connectivity index is 2.51. The monoisotopic (exact) mass is 224 g/mol. The van der Waals surface area contributed by atoms with Gasteiger partial charge in [0, 0.05) is 38.7 Å². The number of piperazine rings is 1. The Kier molecular flexibility index (Phi) is 4.52. The van der Waals surface area contributed by atoms with Crippen molar-refractivity contribution in [3.8, 4) is 0 Å². The maximum absolute atomic E-state index is 11.9. The Labute approximate surface area is 96.9 Å². The van der Waals surface area contributed by atoms with Gasteiger partial charge < -0.3 is 9.80 Å². The van der Waals surface area contributed by atoms with E-state index in [1.807, 2.05) is 24.8 Å². The molecule has 0 atom stereocenters. The van der Waals surface area contributed by atoms with E-state index in [4.69, 9.17) is 0 Å². The minimum atomic E-state index is 0.0907. The Morgan fingerprint density at radius 2 is 1.56 bits per heavy atom. The summed E-state index contributed by atoms with van der Waals surface area (Å²) < 4.78 is 0. The van der Waals surface area contributed by atoms with E-state index in [1.165, 1.54) is 0 Å². The third-order valence-corrected chi connectivity index (χ3v) is 2.86. The molecule has 1 aliphatic heterocycles. The van der Waals surface area contributed by atoms with E-state index in [0.29, 0.717) is 26.2 Å². The van der Waals surface area contributed by atoms with E-state index in [1.54, 1.807) is 11.8 Å². The van der Waals surface area contributed by atoms with E-state index in [2.05, 4.69) is 0 Å². The van der Waals surface area contributed by atoms with Crippen molar-refractivity contribution >= 4 is 11.8 Å². The molecule has 0 unspecified atom stereocenters. The predicted molar refractivity (Wildman–Crippen MR) is 62.9 cm³/mol. The molecule has 0 bridgehead atoms. The predicted octanol–water partition coefficient (Wildman–Crippen LogP) is 1.03. The quantitative estimate of drug-likeness (QED) is 0.657. The van der Waals surface area contributed by atoms with E-state index in [0.717, 1.165) is 12.0 Å². The first-order valence-corrected chi connectivity index (χ1v) is 5.77. The molecular formula is C12H20N2O2. The summed E-state index contributed by atoms with van der Waals surface area (Å²) in [4.78, 5) is 26.6. The normalized spacial score (nSPS) is 17.6. The summed E-state index contributed by atoms with van der Waals surface area (Å²) in [5.41, 5.74) is 0.804. The van der Waals surface area contributed by atoms with Crippen LogP contribution in [-0.4, -0.2) is 47.8 Å². The van der Waals surface area contributed by atoms with Crippen molar-refractivity contribution in [1.29, 1.82) is 0 Å². The number of carbonyl (C=O) groups excluding carboxylic acids is 2. The third-order valence-electron chi connectivity index (χ3n) is 2.86. The van der Waals surface area contributed by atoms with Crippen LogP contribution in [0.15, 0.2) is 11.6 Å². The van der Waals surface area contributed by atoms with Gasteiger partial charge >= 0.3 is 0 Å². The van der Waals surface area contributed by atoms with Gasteiger partial charge in [0.1, 0.15) is 0 Å². The molecule has 0 radical (unpaired) electrons. The molecule has 0 aromatic rings. The van der Waals surface area contributed by atoms with Crippen molar-refractivity contribution in [3.63, 3.8) is 0 Å². The highest BCUT2D eigenvalue weighted by Gasteiger charge is 2.22. The van der Waals surface area contributed by atoms with Crippen molar-refractivity contribution in [3.05, 3.63) is 11.6 Å². The fourth-order valence-electron chi connectivity index (χ4n) is 1.87. The lowest BCUT2D eigenvalue weighted by atomic mass is 10.2. The van der Waals surface area contributed by atoms with Crippen molar-refractivity contribution < 1.29 is 9.59 Å². The maximum Gasteiger partial charge on any atom is 0.249 e. The minimum absolute atomic E-state index is 0.0907. The highest BCUT2D eigenvalue weighted by Crippen LogP contribution is 2.07. The molecule has 16 heavy (non-hydrogen) atoms. The second kappa shape index (κ2) is 5.68. The van der Waals surface area contributed by atoms with Gasteiger partial charge in [-0.2, -0.15) is 0 Å². The molecule has 4 nitrogen and oxygen atoms in total. The molecule has 0 N–H and O–H groups in total. The molecule has 1 heterocycles. The summed E-state index contributed by atoms with van der Waals surface area (Å²) in [7, 11) is 0. The molecule has 1 rings (SSSR count). The number of carbonyl (C=O) groups is 2. The largest absolute Gasteiger partial charge is 0.339 e. The van der Waals surface area contributed by atoms with Gasteiger partial charge in [0.25, 0.3) is 0 Å². The summed E-state index contributed by atoms with van der Waals surface area (Å²) in [5.74, 6) is 0.193. The van der Waals surface area contributed by atoms with Crippen LogP contribution in [0.25, 0.3) is 0 Å². The van der Waals surface area contributed by atoms with Crippen molar-refractivity contribution in [2.75, 3.05) is 26.2 Å². The van der Waals surface area contributed by atoms with Gasteiger partial charge in [0.15, 0.2) is 0 Å². The van der Waals surface area contributed by atoms with Crippen LogP contribution in [0.1, 0.15) is 27.2 Å². The standard InChI is InChI=1S/C12H20N2O2/c1-4-5-10(2)12(16)14-8-6-13(7-9-14)11(3)15/h5H,4,6-9H2,1-3H3/b10-5-. The lowest BCUT2D eigenvalue weighted by molar-refractivity contribution is -0.136. The van der Waals surface area contributed by atoms with Crippen LogP contribution in [0.4, 0.5) is 0 Å². The summed E-state index contributed by atoms with van der Waals surface area (Å²) in [5, 5.41) is 0. The number of hydrogen-bond donors (Lipinski definition) is 0. The van der Waals surface area contributed by atoms with Crippen molar-refractivity contribution in [1.82, 2.24) is 9.80 Å². The van der Waals surface area contributed by atoms with E-state index in [9.17, 15) is 9.59 Å². The number of nitrogens with zero attached hydrogens (tertiary/aromatic N) is 2. The lowest BCUT2D eigenvalue weighted by Gasteiger charge is -2.34. The van der Waals surface area contributed by atoms with E-state index < -0.39 is 0 Å². The highest BCUT2D eigenvalue weighted by molar-refractivity contribution is 5.93. The van der Waals surface area contributed by atoms with Crippen molar-refractivity contribution in [2.24, 2.45) is 0 Å². The molecule has 4 heteroatoms. The molecule has 2 amide bonds. The van der Waals surface area contributed by atoms with Crippen LogP contribution in [0, 0.1) is 0 Å². The van der Waals surface area contributed by atoms with E-state index >= 15 is 0 Å². The zero-order valence-corrected chi connectivity index (χ0v) is 10.3. The number of allylic oxidation sites excluding steroid dienone is 1. The van der Waals surface area contributed by atoms with Gasteiger partial charge in [0.05, 0.1) is 0 Å². The molecule has 1 saturated heterocycles. The van der Waals surface area contributed by atoms with Crippen LogP contribution >= 0.6 is 0 Å². The molecular weight excluding hydrogens is 204 g/mol. The van der Waals surface area contributed by atoms with Gasteiger partial charge in [-0.15, -0.1) is 0 Å². The van der Waals surface area contributed by atoms with Crippen LogP contribution in [-0.2, 0) is 9.59 Å². The average molecular weight is 224 g/mol.